The van der Waals surface area contributed by atoms with Crippen LogP contribution in [0.2, 0.25) is 6.04 Å². The molecule has 0 heterocycles. The number of amides is 1. The van der Waals surface area contributed by atoms with Crippen molar-refractivity contribution in [3.05, 3.63) is 0 Å². The zero-order valence-corrected chi connectivity index (χ0v) is 11.6. The molecule has 0 unspecified atom stereocenters. The van der Waals surface area contributed by atoms with Gasteiger partial charge < -0.3 is 19.5 Å². The van der Waals surface area contributed by atoms with E-state index in [0.717, 1.165) is 13.0 Å². The van der Waals surface area contributed by atoms with Gasteiger partial charge in [-0.15, -0.1) is 0 Å². The lowest BCUT2D eigenvalue weighted by Gasteiger charge is -2.06. The molecule has 0 bridgehead atoms. The lowest BCUT2D eigenvalue weighted by molar-refractivity contribution is 0.0286. The molecule has 0 saturated carbocycles. The highest BCUT2D eigenvalue weighted by molar-refractivity contribution is 6.08. The van der Waals surface area contributed by atoms with E-state index < -0.39 is 6.09 Å². The number of carbonyl (C=O) groups excluding carboxylic acids is 1. The van der Waals surface area contributed by atoms with E-state index in [1.165, 1.54) is 23.3 Å². The minimum atomic E-state index is -0.429. The lowest BCUT2D eigenvalue weighted by Crippen LogP contribution is -2.21. The Morgan fingerprint density at radius 2 is 1.73 bits per heavy atom. The first-order valence-corrected chi connectivity index (χ1v) is 6.72. The zero-order valence-electron chi connectivity index (χ0n) is 9.58. The molecule has 1 amide bonds. The van der Waals surface area contributed by atoms with Crippen molar-refractivity contribution in [2.75, 3.05) is 40.1 Å². The fraction of sp³-hybridized carbons (Fsp3) is 0.889. The molecule has 0 rings (SSSR count). The predicted octanol–water partition coefficient (Wildman–Crippen LogP) is -0.451. The Bertz CT molecular complexity index is 157. The highest BCUT2D eigenvalue weighted by Crippen LogP contribution is 1.87. The molecule has 1 N–H and O–H groups in total. The predicted molar refractivity (Wildman–Crippen MR) is 61.4 cm³/mol. The number of rotatable bonds is 9. The van der Waals surface area contributed by atoms with Gasteiger partial charge in [-0.2, -0.15) is 0 Å². The quantitative estimate of drug-likeness (QED) is 0.434. The maximum Gasteiger partial charge on any atom is 0.406 e. The number of nitrogens with one attached hydrogen (secondary N) is 1. The second-order valence-electron chi connectivity index (χ2n) is 2.96. The van der Waals surface area contributed by atoms with Gasteiger partial charge in [0.05, 0.1) is 19.8 Å². The van der Waals surface area contributed by atoms with Crippen molar-refractivity contribution in [3.63, 3.8) is 0 Å². The van der Waals surface area contributed by atoms with Crippen LogP contribution in [0, 0.1) is 0 Å². The van der Waals surface area contributed by atoms with Gasteiger partial charge in [-0.3, -0.25) is 0 Å². The smallest absolute Gasteiger partial charge is 0.406 e. The summed E-state index contributed by atoms with van der Waals surface area (Å²) in [6.07, 6.45) is 0.716. The highest BCUT2D eigenvalue weighted by atomic mass is 28.1. The summed E-state index contributed by atoms with van der Waals surface area (Å²) in [5.41, 5.74) is 0. The maximum absolute atomic E-state index is 10.6. The molecule has 0 aromatic rings. The topological polar surface area (TPSA) is 56.8 Å². The summed E-state index contributed by atoms with van der Waals surface area (Å²) in [4.78, 5) is 10.6. The van der Waals surface area contributed by atoms with E-state index in [2.05, 4.69) is 5.32 Å². The van der Waals surface area contributed by atoms with Crippen molar-refractivity contribution >= 4 is 16.3 Å². The van der Waals surface area contributed by atoms with Crippen LogP contribution in [0.25, 0.3) is 0 Å². The Morgan fingerprint density at radius 1 is 1.13 bits per heavy atom. The molecular weight excluding hydrogens is 214 g/mol. The van der Waals surface area contributed by atoms with Gasteiger partial charge in [0.15, 0.2) is 0 Å². The molecule has 0 atom stereocenters. The van der Waals surface area contributed by atoms with E-state index in [1.54, 1.807) is 0 Å². The third-order valence-corrected chi connectivity index (χ3v) is 2.39. The van der Waals surface area contributed by atoms with Crippen molar-refractivity contribution < 1.29 is 19.0 Å². The van der Waals surface area contributed by atoms with Crippen LogP contribution in [-0.4, -0.2) is 56.4 Å². The van der Waals surface area contributed by atoms with Crippen molar-refractivity contribution in [3.8, 4) is 0 Å². The Labute approximate surface area is 93.9 Å². The average Bonchev–Trinajstić information content (AvgIpc) is 2.26. The summed E-state index contributed by atoms with van der Waals surface area (Å²) in [7, 11) is 2.76. The molecule has 0 aromatic carbocycles. The van der Waals surface area contributed by atoms with Crippen LogP contribution < -0.4 is 5.32 Å². The number of ether oxygens (including phenoxy) is 3. The normalized spacial score (nSPS) is 10.2. The first-order chi connectivity index (χ1) is 7.31. The van der Waals surface area contributed by atoms with Crippen LogP contribution in [0.1, 0.15) is 6.42 Å². The van der Waals surface area contributed by atoms with Crippen LogP contribution in [0.15, 0.2) is 0 Å². The fourth-order valence-electron chi connectivity index (χ4n) is 0.834. The van der Waals surface area contributed by atoms with Crippen LogP contribution in [0.5, 0.6) is 0 Å². The van der Waals surface area contributed by atoms with E-state index in [0.29, 0.717) is 19.8 Å². The maximum atomic E-state index is 10.6. The van der Waals surface area contributed by atoms with Crippen LogP contribution in [0.4, 0.5) is 4.79 Å². The van der Waals surface area contributed by atoms with Gasteiger partial charge in [0, 0.05) is 23.9 Å². The summed E-state index contributed by atoms with van der Waals surface area (Å²) in [6.45, 7) is 2.68. The van der Waals surface area contributed by atoms with E-state index in [1.807, 2.05) is 0 Å². The number of hydrogen-bond donors (Lipinski definition) is 1. The van der Waals surface area contributed by atoms with E-state index >= 15 is 0 Å². The van der Waals surface area contributed by atoms with Gasteiger partial charge >= 0.3 is 6.09 Å². The van der Waals surface area contributed by atoms with E-state index in [-0.39, 0.29) is 6.61 Å². The monoisotopic (exact) mass is 235 g/mol. The molecule has 5 nitrogen and oxygen atoms in total. The molecule has 0 aromatic heterocycles. The van der Waals surface area contributed by atoms with E-state index in [4.69, 9.17) is 14.2 Å². The zero-order chi connectivity index (χ0) is 11.4. The number of alkyl carbamates (subject to hydrolysis) is 1. The van der Waals surface area contributed by atoms with Gasteiger partial charge in [0.1, 0.15) is 6.61 Å². The number of carbonyl (C=O) groups is 1. The van der Waals surface area contributed by atoms with Crippen molar-refractivity contribution in [1.82, 2.24) is 5.32 Å². The van der Waals surface area contributed by atoms with Crippen LogP contribution in [-0.2, 0) is 14.2 Å². The third kappa shape index (κ3) is 11.3. The first kappa shape index (κ1) is 14.4. The molecule has 0 aliphatic heterocycles. The second-order valence-corrected chi connectivity index (χ2v) is 3.96. The van der Waals surface area contributed by atoms with Crippen LogP contribution >= 0.6 is 0 Å². The van der Waals surface area contributed by atoms with Gasteiger partial charge in [-0.25, -0.2) is 4.79 Å². The van der Waals surface area contributed by atoms with Gasteiger partial charge in [0.25, 0.3) is 0 Å². The Morgan fingerprint density at radius 3 is 2.33 bits per heavy atom. The Balaban J connectivity index is 2.95. The molecule has 0 spiro atoms. The van der Waals surface area contributed by atoms with E-state index in [9.17, 15) is 4.79 Å². The summed E-state index contributed by atoms with van der Waals surface area (Å²) < 4.78 is 15.2. The molecule has 0 aliphatic carbocycles. The standard InChI is InChI=1S/C9H21NO4Si/c1-10-9(11)14-7-6-13-5-4-12-3-2-8-15/h2-8H2,1,15H3,(H,10,11). The first-order valence-electron chi connectivity index (χ1n) is 5.31. The van der Waals surface area contributed by atoms with Gasteiger partial charge in [-0.05, 0) is 6.42 Å². The summed E-state index contributed by atoms with van der Waals surface area (Å²) in [5, 5.41) is 2.35. The Kier molecular flexibility index (Phi) is 11.0. The number of hydrogen-bond acceptors (Lipinski definition) is 4. The van der Waals surface area contributed by atoms with Gasteiger partial charge in [0.2, 0.25) is 0 Å². The molecule has 0 radical (unpaired) electrons. The van der Waals surface area contributed by atoms with Gasteiger partial charge in [-0.1, -0.05) is 6.04 Å². The fourth-order valence-corrected chi connectivity index (χ4v) is 1.12. The summed E-state index contributed by atoms with van der Waals surface area (Å²) in [5.74, 6) is 0. The molecule has 90 valence electrons. The minimum Gasteiger partial charge on any atom is -0.447 e. The third-order valence-electron chi connectivity index (χ3n) is 1.68. The summed E-state index contributed by atoms with van der Waals surface area (Å²) >= 11 is 0. The molecule has 0 fully saturated rings. The average molecular weight is 235 g/mol. The molecule has 6 heteroatoms. The molecular formula is C9H21NO4Si. The highest BCUT2D eigenvalue weighted by Gasteiger charge is 1.96. The molecule has 0 aliphatic rings. The minimum absolute atomic E-state index is 0.278. The lowest BCUT2D eigenvalue weighted by atomic mass is 10.5. The molecule has 0 saturated heterocycles. The van der Waals surface area contributed by atoms with Crippen molar-refractivity contribution in [1.29, 1.82) is 0 Å². The molecule has 15 heavy (non-hydrogen) atoms. The van der Waals surface area contributed by atoms with Crippen molar-refractivity contribution in [2.24, 2.45) is 0 Å². The SMILES string of the molecule is CNC(=O)OCCOCCOCCC[SiH3]. The van der Waals surface area contributed by atoms with Crippen molar-refractivity contribution in [2.45, 2.75) is 12.5 Å². The second kappa shape index (κ2) is 11.5. The van der Waals surface area contributed by atoms with Crippen LogP contribution in [0.3, 0.4) is 0 Å². The largest absolute Gasteiger partial charge is 0.447 e. The Hall–Kier alpha value is -0.593. The summed E-state index contributed by atoms with van der Waals surface area (Å²) in [6, 6.07) is 1.28.